The minimum atomic E-state index is -5.24. The predicted octanol–water partition coefficient (Wildman–Crippen LogP) is 4.89. The van der Waals surface area contributed by atoms with E-state index in [0.29, 0.717) is 24.0 Å². The number of sulfonamides is 1. The zero-order chi connectivity index (χ0) is 32.1. The molecule has 0 fully saturated rings. The highest BCUT2D eigenvalue weighted by Gasteiger charge is 2.42. The van der Waals surface area contributed by atoms with E-state index in [1.165, 1.54) is 55.0 Å². The van der Waals surface area contributed by atoms with Crippen molar-refractivity contribution in [1.29, 1.82) is 0 Å². The minimum absolute atomic E-state index is 0.00986. The van der Waals surface area contributed by atoms with Crippen molar-refractivity contribution in [2.24, 2.45) is 0 Å². The molecule has 12 nitrogen and oxygen atoms in total. The van der Waals surface area contributed by atoms with Crippen LogP contribution >= 0.6 is 0 Å². The molecule has 2 aromatic carbocycles. The second kappa shape index (κ2) is 12.9. The standard InChI is InChI=1S/C28H28F3N5O7S/c1-27(2,11-12-36-17-33-21-14-24(43-26(38)39)32-15-22(21)36)34-16-23(42-25(37)28(29,30)31)18-7-6-8-19(13-18)35-44(40,41)20-9-4-3-5-10-20/h3-10,13-15,17,23,34-35H,11-12,16H2,1-2H3,(H,38,39). The maximum atomic E-state index is 13.1. The number of nitrogens with one attached hydrogen (secondary N) is 2. The number of carboxylic acid groups (broad SMARTS) is 1. The number of esters is 1. The average molecular weight is 636 g/mol. The van der Waals surface area contributed by atoms with Gasteiger partial charge in [0.1, 0.15) is 6.10 Å². The Morgan fingerprint density at radius 3 is 2.45 bits per heavy atom. The molecule has 0 amide bonds. The number of rotatable bonds is 12. The normalized spacial score (nSPS) is 12.9. The highest BCUT2D eigenvalue weighted by atomic mass is 32.2. The molecule has 1 unspecified atom stereocenters. The Balaban J connectivity index is 1.48. The lowest BCUT2D eigenvalue weighted by Gasteiger charge is -2.30. The third-order valence-electron chi connectivity index (χ3n) is 6.46. The molecule has 0 spiro atoms. The number of hydrogen-bond donors (Lipinski definition) is 3. The van der Waals surface area contributed by atoms with Gasteiger partial charge in [-0.05, 0) is 50.1 Å². The number of aromatic nitrogens is 3. The van der Waals surface area contributed by atoms with Gasteiger partial charge < -0.3 is 24.5 Å². The third kappa shape index (κ3) is 8.44. The van der Waals surface area contributed by atoms with Crippen LogP contribution in [0.1, 0.15) is 31.9 Å². The summed E-state index contributed by atoms with van der Waals surface area (Å²) in [6, 6.07) is 14.5. The summed E-state index contributed by atoms with van der Waals surface area (Å²) in [7, 11) is -3.99. The fourth-order valence-corrected chi connectivity index (χ4v) is 5.23. The topological polar surface area (TPSA) is 162 Å². The molecule has 44 heavy (non-hydrogen) atoms. The first-order valence-electron chi connectivity index (χ1n) is 13.1. The van der Waals surface area contributed by atoms with Crippen molar-refractivity contribution in [2.45, 2.75) is 49.5 Å². The van der Waals surface area contributed by atoms with E-state index < -0.39 is 40.0 Å². The number of benzene rings is 2. The van der Waals surface area contributed by atoms with Crippen molar-refractivity contribution in [3.8, 4) is 5.88 Å². The van der Waals surface area contributed by atoms with Gasteiger partial charge in [-0.2, -0.15) is 13.2 Å². The van der Waals surface area contributed by atoms with Crippen LogP contribution in [0.2, 0.25) is 0 Å². The Labute approximate surface area is 249 Å². The van der Waals surface area contributed by atoms with Crippen LogP contribution in [0, 0.1) is 0 Å². The van der Waals surface area contributed by atoms with E-state index in [4.69, 9.17) is 9.84 Å². The van der Waals surface area contributed by atoms with Crippen molar-refractivity contribution in [1.82, 2.24) is 19.9 Å². The summed E-state index contributed by atoms with van der Waals surface area (Å²) in [5.41, 5.74) is 0.543. The SMILES string of the molecule is CC(C)(CCn1cnc2cc(OC(=O)O)ncc21)NCC(OC(=O)C(F)(F)F)c1cccc(NS(=O)(=O)c2ccccc2)c1. The van der Waals surface area contributed by atoms with Gasteiger partial charge in [-0.25, -0.2) is 28.0 Å². The molecule has 0 aliphatic heterocycles. The molecule has 234 valence electrons. The zero-order valence-corrected chi connectivity index (χ0v) is 24.2. The second-order valence-electron chi connectivity index (χ2n) is 10.3. The summed E-state index contributed by atoms with van der Waals surface area (Å²) >= 11 is 0. The summed E-state index contributed by atoms with van der Waals surface area (Å²) in [6.07, 6.45) is -4.80. The Bertz CT molecular complexity index is 1750. The number of alkyl halides is 3. The van der Waals surface area contributed by atoms with Crippen molar-refractivity contribution in [3.05, 3.63) is 78.8 Å². The van der Waals surface area contributed by atoms with Gasteiger partial charge in [0.25, 0.3) is 10.0 Å². The lowest BCUT2D eigenvalue weighted by atomic mass is 9.99. The zero-order valence-electron chi connectivity index (χ0n) is 23.4. The molecule has 0 saturated heterocycles. The summed E-state index contributed by atoms with van der Waals surface area (Å²) in [4.78, 5) is 30.7. The summed E-state index contributed by atoms with van der Waals surface area (Å²) in [5.74, 6) is -2.52. The van der Waals surface area contributed by atoms with E-state index in [-0.39, 0.29) is 28.6 Å². The smallest absolute Gasteiger partial charge is 0.449 e. The van der Waals surface area contributed by atoms with Gasteiger partial charge in [-0.15, -0.1) is 0 Å². The molecule has 3 N–H and O–H groups in total. The number of pyridine rings is 1. The fourth-order valence-electron chi connectivity index (χ4n) is 4.16. The van der Waals surface area contributed by atoms with E-state index in [9.17, 15) is 31.2 Å². The molecule has 0 aliphatic rings. The summed E-state index contributed by atoms with van der Waals surface area (Å²) < 4.78 is 78.5. The molecule has 0 saturated carbocycles. The van der Waals surface area contributed by atoms with Crippen molar-refractivity contribution in [2.75, 3.05) is 11.3 Å². The Morgan fingerprint density at radius 2 is 1.77 bits per heavy atom. The minimum Gasteiger partial charge on any atom is -0.449 e. The van der Waals surface area contributed by atoms with Gasteiger partial charge >= 0.3 is 18.3 Å². The predicted molar refractivity (Wildman–Crippen MR) is 151 cm³/mol. The van der Waals surface area contributed by atoms with Crippen LogP contribution in [0.3, 0.4) is 0 Å². The first kappa shape index (κ1) is 32.2. The molecular formula is C28H28F3N5O7S. The molecule has 2 aromatic heterocycles. The number of carbonyl (C=O) groups is 2. The molecule has 0 radical (unpaired) electrons. The third-order valence-corrected chi connectivity index (χ3v) is 7.86. The van der Waals surface area contributed by atoms with E-state index in [0.717, 1.165) is 0 Å². The van der Waals surface area contributed by atoms with Crippen molar-refractivity contribution in [3.63, 3.8) is 0 Å². The number of carbonyl (C=O) groups excluding carboxylic acids is 1. The van der Waals surface area contributed by atoms with E-state index in [1.54, 1.807) is 36.6 Å². The molecule has 0 bridgehead atoms. The molecule has 1 atom stereocenters. The maximum absolute atomic E-state index is 13.1. The number of imidazole rings is 1. The largest absolute Gasteiger partial charge is 0.512 e. The van der Waals surface area contributed by atoms with Crippen LogP contribution in [0.15, 0.2) is 78.1 Å². The van der Waals surface area contributed by atoms with Crippen LogP contribution < -0.4 is 14.8 Å². The van der Waals surface area contributed by atoms with Gasteiger partial charge in [-0.1, -0.05) is 30.3 Å². The fraction of sp³-hybridized carbons (Fsp3) is 0.286. The van der Waals surface area contributed by atoms with E-state index in [2.05, 4.69) is 24.7 Å². The first-order chi connectivity index (χ1) is 20.6. The van der Waals surface area contributed by atoms with Gasteiger partial charge in [0.15, 0.2) is 0 Å². The van der Waals surface area contributed by atoms with Gasteiger partial charge in [0.05, 0.1) is 28.5 Å². The van der Waals surface area contributed by atoms with Crippen LogP contribution in [0.4, 0.5) is 23.7 Å². The highest BCUT2D eigenvalue weighted by molar-refractivity contribution is 7.92. The number of anilines is 1. The van der Waals surface area contributed by atoms with Crippen LogP contribution in [-0.2, 0) is 26.1 Å². The van der Waals surface area contributed by atoms with Crippen molar-refractivity contribution < 1.29 is 45.8 Å². The Morgan fingerprint density at radius 1 is 1.05 bits per heavy atom. The number of halogens is 3. The molecule has 0 aliphatic carbocycles. The number of aryl methyl sites for hydroxylation is 1. The van der Waals surface area contributed by atoms with Crippen LogP contribution in [0.5, 0.6) is 5.88 Å². The van der Waals surface area contributed by atoms with Crippen LogP contribution in [-0.4, -0.2) is 58.4 Å². The lowest BCUT2D eigenvalue weighted by molar-refractivity contribution is -0.205. The maximum Gasteiger partial charge on any atom is 0.512 e. The number of hydrogen-bond acceptors (Lipinski definition) is 9. The molecule has 4 rings (SSSR count). The highest BCUT2D eigenvalue weighted by Crippen LogP contribution is 2.27. The van der Waals surface area contributed by atoms with Crippen LogP contribution in [0.25, 0.3) is 11.0 Å². The summed E-state index contributed by atoms with van der Waals surface area (Å²) in [5, 5.41) is 11.9. The molecular weight excluding hydrogens is 607 g/mol. The number of fused-ring (bicyclic) bond motifs is 1. The van der Waals surface area contributed by atoms with E-state index >= 15 is 0 Å². The molecule has 4 aromatic rings. The first-order valence-corrected chi connectivity index (χ1v) is 14.5. The summed E-state index contributed by atoms with van der Waals surface area (Å²) in [6.45, 7) is 3.76. The lowest BCUT2D eigenvalue weighted by Crippen LogP contribution is -2.43. The Hall–Kier alpha value is -4.70. The molecule has 2 heterocycles. The molecule has 16 heteroatoms. The second-order valence-corrected chi connectivity index (χ2v) is 12.0. The van der Waals surface area contributed by atoms with E-state index in [1.807, 2.05) is 0 Å². The number of nitrogens with zero attached hydrogens (tertiary/aromatic N) is 3. The van der Waals surface area contributed by atoms with Gasteiger partial charge in [-0.3, -0.25) is 4.72 Å². The monoisotopic (exact) mass is 635 g/mol. The van der Waals surface area contributed by atoms with Crippen molar-refractivity contribution >= 4 is 38.9 Å². The quantitative estimate of drug-likeness (QED) is 0.183. The number of ether oxygens (including phenoxy) is 2. The van der Waals surface area contributed by atoms with Gasteiger partial charge in [0, 0.05) is 30.4 Å². The van der Waals surface area contributed by atoms with Gasteiger partial charge in [0.2, 0.25) is 5.88 Å². The Kier molecular flexibility index (Phi) is 9.44. The average Bonchev–Trinajstić information content (AvgIpc) is 3.36.